The Kier molecular flexibility index (Phi) is 9.76. The molecule has 0 fully saturated rings. The SMILES string of the molecule is CCN(CC)CCOc1cc(Cl)c(C)cc1NC(=O)NCc1ccc(Oc2ccncc2)c(C)c1. The minimum atomic E-state index is -0.324. The van der Waals surface area contributed by atoms with Crippen LogP contribution in [0.4, 0.5) is 10.5 Å². The van der Waals surface area contributed by atoms with E-state index in [0.717, 1.165) is 47.8 Å². The molecular weight excluding hydrogens is 464 g/mol. The van der Waals surface area contributed by atoms with Crippen LogP contribution >= 0.6 is 11.6 Å². The first kappa shape index (κ1) is 26.3. The van der Waals surface area contributed by atoms with Crippen molar-refractivity contribution in [3.63, 3.8) is 0 Å². The zero-order chi connectivity index (χ0) is 25.2. The number of amides is 2. The van der Waals surface area contributed by atoms with E-state index < -0.39 is 0 Å². The summed E-state index contributed by atoms with van der Waals surface area (Å²) in [5.41, 5.74) is 3.38. The molecule has 0 spiro atoms. The van der Waals surface area contributed by atoms with Gasteiger partial charge in [0.1, 0.15) is 23.9 Å². The normalized spacial score (nSPS) is 10.8. The monoisotopic (exact) mass is 496 g/mol. The van der Waals surface area contributed by atoms with Crippen molar-refractivity contribution in [2.24, 2.45) is 0 Å². The van der Waals surface area contributed by atoms with Crippen LogP contribution in [-0.4, -0.2) is 42.2 Å². The van der Waals surface area contributed by atoms with Gasteiger partial charge in [0, 0.05) is 36.6 Å². The van der Waals surface area contributed by atoms with Gasteiger partial charge in [-0.05, 0) is 67.9 Å². The number of anilines is 1. The van der Waals surface area contributed by atoms with Crippen LogP contribution in [0.1, 0.15) is 30.5 Å². The fourth-order valence-corrected chi connectivity index (χ4v) is 3.68. The molecular formula is C27H33ClN4O3. The lowest BCUT2D eigenvalue weighted by Gasteiger charge is -2.19. The maximum Gasteiger partial charge on any atom is 0.319 e. The molecule has 186 valence electrons. The van der Waals surface area contributed by atoms with Gasteiger partial charge in [0.2, 0.25) is 0 Å². The van der Waals surface area contributed by atoms with Crippen LogP contribution in [0.2, 0.25) is 5.02 Å². The molecule has 1 aromatic heterocycles. The third-order valence-electron chi connectivity index (χ3n) is 5.64. The summed E-state index contributed by atoms with van der Waals surface area (Å²) in [7, 11) is 0. The molecule has 35 heavy (non-hydrogen) atoms. The van der Waals surface area contributed by atoms with Crippen LogP contribution in [0.5, 0.6) is 17.2 Å². The topological polar surface area (TPSA) is 75.7 Å². The van der Waals surface area contributed by atoms with Crippen LogP contribution in [0, 0.1) is 13.8 Å². The Morgan fingerprint density at radius 2 is 1.74 bits per heavy atom. The van der Waals surface area contributed by atoms with Gasteiger partial charge in [0.05, 0.1) is 5.69 Å². The van der Waals surface area contributed by atoms with Crippen molar-refractivity contribution >= 4 is 23.3 Å². The predicted octanol–water partition coefficient (Wildman–Crippen LogP) is 6.19. The molecule has 0 saturated carbocycles. The van der Waals surface area contributed by atoms with Crippen LogP contribution in [0.15, 0.2) is 54.9 Å². The van der Waals surface area contributed by atoms with E-state index in [9.17, 15) is 4.79 Å². The summed E-state index contributed by atoms with van der Waals surface area (Å²) < 4.78 is 11.9. The van der Waals surface area contributed by atoms with Gasteiger partial charge in [-0.25, -0.2) is 4.79 Å². The van der Waals surface area contributed by atoms with Crippen LogP contribution in [0.25, 0.3) is 0 Å². The number of carbonyl (C=O) groups is 1. The lowest BCUT2D eigenvalue weighted by Crippen LogP contribution is -2.29. The molecule has 0 bridgehead atoms. The number of aryl methyl sites for hydroxylation is 2. The molecule has 2 N–H and O–H groups in total. The Morgan fingerprint density at radius 3 is 2.43 bits per heavy atom. The first-order chi connectivity index (χ1) is 16.9. The van der Waals surface area contributed by atoms with Crippen molar-refractivity contribution in [3.8, 4) is 17.2 Å². The van der Waals surface area contributed by atoms with E-state index in [-0.39, 0.29) is 6.03 Å². The minimum Gasteiger partial charge on any atom is -0.490 e. The highest BCUT2D eigenvalue weighted by atomic mass is 35.5. The zero-order valence-electron chi connectivity index (χ0n) is 20.7. The summed E-state index contributed by atoms with van der Waals surface area (Å²) in [5.74, 6) is 2.03. The summed E-state index contributed by atoms with van der Waals surface area (Å²) >= 11 is 6.31. The maximum atomic E-state index is 12.7. The number of hydrogen-bond acceptors (Lipinski definition) is 5. The smallest absolute Gasteiger partial charge is 0.319 e. The summed E-state index contributed by atoms with van der Waals surface area (Å²) in [6.45, 7) is 11.7. The van der Waals surface area contributed by atoms with E-state index >= 15 is 0 Å². The first-order valence-electron chi connectivity index (χ1n) is 11.8. The van der Waals surface area contributed by atoms with Gasteiger partial charge >= 0.3 is 6.03 Å². The number of benzene rings is 2. The van der Waals surface area contributed by atoms with Gasteiger partial charge in [-0.1, -0.05) is 37.6 Å². The number of likely N-dealkylation sites (N-methyl/N-ethyl adjacent to an activating group) is 1. The molecule has 3 aromatic rings. The van der Waals surface area contributed by atoms with E-state index in [2.05, 4.69) is 34.4 Å². The third-order valence-corrected chi connectivity index (χ3v) is 6.05. The van der Waals surface area contributed by atoms with Crippen molar-refractivity contribution in [2.45, 2.75) is 34.2 Å². The lowest BCUT2D eigenvalue weighted by molar-refractivity contribution is 0.223. The van der Waals surface area contributed by atoms with Gasteiger partial charge in [-0.15, -0.1) is 0 Å². The molecule has 1 heterocycles. The number of nitrogens with one attached hydrogen (secondary N) is 2. The van der Waals surface area contributed by atoms with Crippen molar-refractivity contribution in [3.05, 3.63) is 76.6 Å². The second-order valence-electron chi connectivity index (χ2n) is 8.17. The number of nitrogens with zero attached hydrogens (tertiary/aromatic N) is 2. The summed E-state index contributed by atoms with van der Waals surface area (Å²) in [6, 6.07) is 12.7. The van der Waals surface area contributed by atoms with Gasteiger partial charge in [-0.2, -0.15) is 0 Å². The second-order valence-corrected chi connectivity index (χ2v) is 8.57. The number of rotatable bonds is 11. The maximum absolute atomic E-state index is 12.7. The number of hydrogen-bond donors (Lipinski definition) is 2. The fourth-order valence-electron chi connectivity index (χ4n) is 3.52. The van der Waals surface area contributed by atoms with Crippen LogP contribution in [0.3, 0.4) is 0 Å². The van der Waals surface area contributed by atoms with Crippen molar-refractivity contribution in [2.75, 3.05) is 31.6 Å². The average Bonchev–Trinajstić information content (AvgIpc) is 2.85. The molecule has 0 atom stereocenters. The number of carbonyl (C=O) groups excluding carboxylic acids is 1. The van der Waals surface area contributed by atoms with Crippen molar-refractivity contribution in [1.82, 2.24) is 15.2 Å². The fraction of sp³-hybridized carbons (Fsp3) is 0.333. The van der Waals surface area contributed by atoms with E-state index in [1.165, 1.54) is 0 Å². The van der Waals surface area contributed by atoms with E-state index in [0.29, 0.717) is 29.6 Å². The number of ether oxygens (including phenoxy) is 2. The van der Waals surface area contributed by atoms with Gasteiger partial charge in [0.15, 0.2) is 0 Å². The highest BCUT2D eigenvalue weighted by Gasteiger charge is 2.12. The number of aromatic nitrogens is 1. The van der Waals surface area contributed by atoms with E-state index in [4.69, 9.17) is 21.1 Å². The standard InChI is InChI=1S/C27H33ClN4O3/c1-5-32(6-2)13-14-34-26-17-23(28)19(3)16-24(26)31-27(33)30-18-21-7-8-25(20(4)15-21)35-22-9-11-29-12-10-22/h7-12,15-17H,5-6,13-14,18H2,1-4H3,(H2,30,31,33). The highest BCUT2D eigenvalue weighted by molar-refractivity contribution is 6.31. The second kappa shape index (κ2) is 13.0. The zero-order valence-corrected chi connectivity index (χ0v) is 21.5. The lowest BCUT2D eigenvalue weighted by atomic mass is 10.1. The van der Waals surface area contributed by atoms with Crippen molar-refractivity contribution in [1.29, 1.82) is 0 Å². The summed E-state index contributed by atoms with van der Waals surface area (Å²) in [6.07, 6.45) is 3.37. The molecule has 0 radical (unpaired) electrons. The molecule has 0 aliphatic rings. The Morgan fingerprint density at radius 1 is 1.00 bits per heavy atom. The molecule has 0 aliphatic carbocycles. The minimum absolute atomic E-state index is 0.324. The third kappa shape index (κ3) is 7.87. The number of urea groups is 1. The molecule has 2 amide bonds. The summed E-state index contributed by atoms with van der Waals surface area (Å²) in [5, 5.41) is 6.39. The number of pyridine rings is 1. The molecule has 0 aliphatic heterocycles. The quantitative estimate of drug-likeness (QED) is 0.331. The molecule has 0 unspecified atom stereocenters. The molecule has 2 aromatic carbocycles. The van der Waals surface area contributed by atoms with Crippen LogP contribution in [-0.2, 0) is 6.54 Å². The Balaban J connectivity index is 1.59. The largest absolute Gasteiger partial charge is 0.490 e. The number of halogens is 1. The Hall–Kier alpha value is -3.29. The molecule has 8 heteroatoms. The highest BCUT2D eigenvalue weighted by Crippen LogP contribution is 2.31. The Bertz CT molecular complexity index is 1120. The van der Waals surface area contributed by atoms with Gasteiger partial charge in [-0.3, -0.25) is 4.98 Å². The molecule has 0 saturated heterocycles. The average molecular weight is 497 g/mol. The molecule has 7 nitrogen and oxygen atoms in total. The van der Waals surface area contributed by atoms with Gasteiger partial charge < -0.3 is 25.0 Å². The van der Waals surface area contributed by atoms with Crippen LogP contribution < -0.4 is 20.1 Å². The van der Waals surface area contributed by atoms with E-state index in [1.54, 1.807) is 30.6 Å². The molecule has 3 rings (SSSR count). The van der Waals surface area contributed by atoms with Gasteiger partial charge in [0.25, 0.3) is 0 Å². The van der Waals surface area contributed by atoms with E-state index in [1.807, 2.05) is 38.1 Å². The first-order valence-corrected chi connectivity index (χ1v) is 12.1. The summed E-state index contributed by atoms with van der Waals surface area (Å²) in [4.78, 5) is 18.9. The Labute approximate surface area is 212 Å². The predicted molar refractivity (Wildman–Crippen MR) is 141 cm³/mol. The van der Waals surface area contributed by atoms with Crippen molar-refractivity contribution < 1.29 is 14.3 Å².